The van der Waals surface area contributed by atoms with Crippen LogP contribution in [-0.2, 0) is 19.1 Å². The van der Waals surface area contributed by atoms with Crippen LogP contribution in [-0.4, -0.2) is 33.7 Å². The maximum atomic E-state index is 10.9. The Morgan fingerprint density at radius 2 is 0.864 bits per heavy atom. The molecule has 0 spiro atoms. The topological polar surface area (TPSA) is 93.1 Å². The molecule has 2 N–H and O–H groups in total. The summed E-state index contributed by atoms with van der Waals surface area (Å²) in [6, 6.07) is 0. The molecule has 134 valence electrons. The van der Waals surface area contributed by atoms with Crippen LogP contribution in [0, 0.1) is 11.8 Å². The largest absolute Gasteiger partial charge is 0.460 e. The molecule has 0 unspecified atom stereocenters. The zero-order chi connectivity index (χ0) is 18.7. The summed E-state index contributed by atoms with van der Waals surface area (Å²) in [5.74, 6) is -0.321. The van der Waals surface area contributed by atoms with Gasteiger partial charge in [0.15, 0.2) is 0 Å². The zero-order valence-corrected chi connectivity index (χ0v) is 15.7. The lowest BCUT2D eigenvalue weighted by atomic mass is 10.1. The first-order valence-electron chi connectivity index (χ1n) is 7.31. The molecule has 0 aliphatic heterocycles. The lowest BCUT2D eigenvalue weighted by molar-refractivity contribution is -0.176. The molecule has 0 saturated carbocycles. The third kappa shape index (κ3) is 21.2. The highest BCUT2D eigenvalue weighted by Gasteiger charge is 2.18. The standard InChI is InChI=1S/2C8H16O2.H2O2/c2*1-6(2)7(9)10-8(3,4)5;1-2/h2*6H,1-5H3;1-2H. The lowest BCUT2D eigenvalue weighted by Crippen LogP contribution is -2.26. The smallest absolute Gasteiger partial charge is 0.308 e. The van der Waals surface area contributed by atoms with Gasteiger partial charge in [-0.1, -0.05) is 27.7 Å². The van der Waals surface area contributed by atoms with E-state index in [0.29, 0.717) is 0 Å². The Kier molecular flexibility index (Phi) is 13.4. The minimum Gasteiger partial charge on any atom is -0.460 e. The van der Waals surface area contributed by atoms with E-state index in [1.165, 1.54) is 0 Å². The minimum atomic E-state index is -0.346. The highest BCUT2D eigenvalue weighted by Crippen LogP contribution is 2.10. The molecule has 0 aromatic rings. The summed E-state index contributed by atoms with van der Waals surface area (Å²) in [5.41, 5.74) is -0.692. The Morgan fingerprint density at radius 3 is 0.909 bits per heavy atom. The molecule has 0 aliphatic carbocycles. The fraction of sp³-hybridized carbons (Fsp3) is 0.875. The molecule has 0 amide bonds. The molecular formula is C16H34O6. The summed E-state index contributed by atoms with van der Waals surface area (Å²) in [6.07, 6.45) is 0. The van der Waals surface area contributed by atoms with Crippen molar-refractivity contribution < 1.29 is 29.6 Å². The van der Waals surface area contributed by atoms with E-state index in [4.69, 9.17) is 20.0 Å². The van der Waals surface area contributed by atoms with Crippen LogP contribution in [0.25, 0.3) is 0 Å². The van der Waals surface area contributed by atoms with Gasteiger partial charge in [0.25, 0.3) is 0 Å². The molecule has 22 heavy (non-hydrogen) atoms. The van der Waals surface area contributed by atoms with Gasteiger partial charge >= 0.3 is 11.9 Å². The van der Waals surface area contributed by atoms with Crippen molar-refractivity contribution in [3.63, 3.8) is 0 Å². The average molecular weight is 322 g/mol. The van der Waals surface area contributed by atoms with Gasteiger partial charge in [-0.25, -0.2) is 0 Å². The first-order valence-corrected chi connectivity index (χ1v) is 7.31. The second-order valence-electron chi connectivity index (χ2n) is 7.38. The van der Waals surface area contributed by atoms with E-state index >= 15 is 0 Å². The average Bonchev–Trinajstić information content (AvgIpc) is 2.27. The summed E-state index contributed by atoms with van der Waals surface area (Å²) < 4.78 is 10.1. The number of hydrogen-bond acceptors (Lipinski definition) is 6. The predicted molar refractivity (Wildman–Crippen MR) is 86.6 cm³/mol. The molecular weight excluding hydrogens is 288 g/mol. The van der Waals surface area contributed by atoms with E-state index < -0.39 is 0 Å². The quantitative estimate of drug-likeness (QED) is 0.453. The van der Waals surface area contributed by atoms with Crippen molar-refractivity contribution in [1.82, 2.24) is 0 Å². The van der Waals surface area contributed by atoms with Crippen LogP contribution in [0.15, 0.2) is 0 Å². The number of carbonyl (C=O) groups is 2. The Bertz CT molecular complexity index is 276. The second kappa shape index (κ2) is 11.4. The second-order valence-corrected chi connectivity index (χ2v) is 7.38. The van der Waals surface area contributed by atoms with Gasteiger partial charge in [0.1, 0.15) is 11.2 Å². The van der Waals surface area contributed by atoms with Gasteiger partial charge in [-0.3, -0.25) is 20.1 Å². The summed E-state index contributed by atoms with van der Waals surface area (Å²) in [5, 5.41) is 12.0. The van der Waals surface area contributed by atoms with Gasteiger partial charge in [0.05, 0.1) is 11.8 Å². The molecule has 0 aliphatic rings. The maximum Gasteiger partial charge on any atom is 0.308 e. The van der Waals surface area contributed by atoms with Crippen molar-refractivity contribution in [2.75, 3.05) is 0 Å². The summed E-state index contributed by atoms with van der Waals surface area (Å²) in [6.45, 7) is 18.5. The zero-order valence-electron chi connectivity index (χ0n) is 15.7. The molecule has 0 saturated heterocycles. The van der Waals surface area contributed by atoms with Crippen LogP contribution >= 0.6 is 0 Å². The highest BCUT2D eigenvalue weighted by molar-refractivity contribution is 5.72. The highest BCUT2D eigenvalue weighted by atomic mass is 17.0. The maximum absolute atomic E-state index is 10.9. The van der Waals surface area contributed by atoms with Gasteiger partial charge in [0, 0.05) is 0 Å². The van der Waals surface area contributed by atoms with E-state index in [2.05, 4.69) is 0 Å². The van der Waals surface area contributed by atoms with Crippen LogP contribution in [0.1, 0.15) is 69.2 Å². The Balaban J connectivity index is -0.000000294. The molecule has 6 nitrogen and oxygen atoms in total. The van der Waals surface area contributed by atoms with E-state index in [1.54, 1.807) is 0 Å². The monoisotopic (exact) mass is 322 g/mol. The first kappa shape index (κ1) is 25.8. The summed E-state index contributed by atoms with van der Waals surface area (Å²) >= 11 is 0. The molecule has 0 bridgehead atoms. The van der Waals surface area contributed by atoms with Crippen molar-refractivity contribution in [2.24, 2.45) is 11.8 Å². The van der Waals surface area contributed by atoms with Gasteiger partial charge in [-0.15, -0.1) is 0 Å². The SMILES string of the molecule is CC(C)C(=O)OC(C)(C)C.CC(C)C(=O)OC(C)(C)C.OO. The van der Waals surface area contributed by atoms with Crippen LogP contribution in [0.2, 0.25) is 0 Å². The fourth-order valence-electron chi connectivity index (χ4n) is 0.839. The molecule has 0 fully saturated rings. The molecule has 0 radical (unpaired) electrons. The van der Waals surface area contributed by atoms with E-state index in [1.807, 2.05) is 69.2 Å². The molecule has 0 aromatic heterocycles. The van der Waals surface area contributed by atoms with Gasteiger partial charge in [-0.2, -0.15) is 0 Å². The number of ether oxygens (including phenoxy) is 2. The van der Waals surface area contributed by atoms with Crippen molar-refractivity contribution in [3.05, 3.63) is 0 Å². The van der Waals surface area contributed by atoms with Crippen LogP contribution in [0.4, 0.5) is 0 Å². The van der Waals surface area contributed by atoms with E-state index in [0.717, 1.165) is 0 Å². The Labute approximate surface area is 134 Å². The van der Waals surface area contributed by atoms with Gasteiger partial charge in [0.2, 0.25) is 0 Å². The molecule has 0 aromatic carbocycles. The van der Waals surface area contributed by atoms with Gasteiger partial charge < -0.3 is 9.47 Å². The summed E-state index contributed by atoms with van der Waals surface area (Å²) in [7, 11) is 0. The Hall–Kier alpha value is -1.14. The van der Waals surface area contributed by atoms with E-state index in [-0.39, 0.29) is 35.0 Å². The van der Waals surface area contributed by atoms with Crippen LogP contribution < -0.4 is 0 Å². The number of carbonyl (C=O) groups excluding carboxylic acids is 2. The van der Waals surface area contributed by atoms with Crippen molar-refractivity contribution in [3.8, 4) is 0 Å². The van der Waals surface area contributed by atoms with E-state index in [9.17, 15) is 9.59 Å². The normalized spacial score (nSPS) is 11.0. The lowest BCUT2D eigenvalue weighted by Gasteiger charge is -2.20. The van der Waals surface area contributed by atoms with Crippen molar-refractivity contribution in [1.29, 1.82) is 0 Å². The predicted octanol–water partition coefficient (Wildman–Crippen LogP) is 3.99. The molecule has 6 heteroatoms. The third-order valence-electron chi connectivity index (χ3n) is 1.76. The Morgan fingerprint density at radius 1 is 0.682 bits per heavy atom. The fourth-order valence-corrected chi connectivity index (χ4v) is 0.839. The van der Waals surface area contributed by atoms with Crippen LogP contribution in [0.3, 0.4) is 0 Å². The minimum absolute atomic E-state index is 0.0285. The molecule has 0 rings (SSSR count). The number of esters is 2. The molecule has 0 heterocycles. The third-order valence-corrected chi connectivity index (χ3v) is 1.76. The van der Waals surface area contributed by atoms with Crippen molar-refractivity contribution in [2.45, 2.75) is 80.4 Å². The first-order chi connectivity index (χ1) is 9.65. The van der Waals surface area contributed by atoms with Crippen LogP contribution in [0.5, 0.6) is 0 Å². The van der Waals surface area contributed by atoms with Gasteiger partial charge in [-0.05, 0) is 41.5 Å². The number of hydrogen-bond donors (Lipinski definition) is 2. The molecule has 0 atom stereocenters. The van der Waals surface area contributed by atoms with Crippen molar-refractivity contribution >= 4 is 11.9 Å². The summed E-state index contributed by atoms with van der Waals surface area (Å²) in [4.78, 5) is 21.9. The number of rotatable bonds is 2.